The molecule has 1 aliphatic carbocycles. The molecule has 0 aromatic heterocycles. The summed E-state index contributed by atoms with van der Waals surface area (Å²) in [5.74, 6) is 0.621. The van der Waals surface area contributed by atoms with Crippen molar-refractivity contribution in [3.63, 3.8) is 0 Å². The number of cyclic esters (lactones) is 1. The Hall–Kier alpha value is -3.08. The third-order valence-corrected chi connectivity index (χ3v) is 7.10. The lowest BCUT2D eigenvalue weighted by atomic mass is 9.75. The SMILES string of the molecule is C=C1CC2COC(=O)C2(Cc2ccc(NC(=O)C(CCCC)c3cccc(OC)c3)cc2)C1. The van der Waals surface area contributed by atoms with Gasteiger partial charge in [0.2, 0.25) is 5.91 Å². The van der Waals surface area contributed by atoms with E-state index in [0.29, 0.717) is 19.4 Å². The van der Waals surface area contributed by atoms with Crippen molar-refractivity contribution < 1.29 is 19.1 Å². The molecule has 1 saturated carbocycles. The van der Waals surface area contributed by atoms with E-state index in [2.05, 4.69) is 18.8 Å². The summed E-state index contributed by atoms with van der Waals surface area (Å²) >= 11 is 0. The number of hydrogen-bond acceptors (Lipinski definition) is 4. The van der Waals surface area contributed by atoms with Crippen molar-refractivity contribution in [2.45, 2.75) is 51.4 Å². The molecule has 4 rings (SSSR count). The topological polar surface area (TPSA) is 64.6 Å². The lowest BCUT2D eigenvalue weighted by Gasteiger charge is -2.24. The summed E-state index contributed by atoms with van der Waals surface area (Å²) in [6, 6.07) is 15.6. The van der Waals surface area contributed by atoms with Gasteiger partial charge in [0.15, 0.2) is 0 Å². The normalized spacial score (nSPS) is 22.5. The minimum absolute atomic E-state index is 0.0189. The number of esters is 1. The molecule has 174 valence electrons. The average Bonchev–Trinajstić information content (AvgIpc) is 3.29. The molecule has 1 N–H and O–H groups in total. The molecule has 2 aliphatic rings. The summed E-state index contributed by atoms with van der Waals surface area (Å²) in [5.41, 5.74) is 3.45. The van der Waals surface area contributed by atoms with Gasteiger partial charge in [-0.1, -0.05) is 56.2 Å². The van der Waals surface area contributed by atoms with Gasteiger partial charge in [-0.3, -0.25) is 9.59 Å². The molecule has 5 nitrogen and oxygen atoms in total. The molecule has 1 amide bonds. The van der Waals surface area contributed by atoms with Crippen molar-refractivity contribution in [2.75, 3.05) is 19.0 Å². The summed E-state index contributed by atoms with van der Waals surface area (Å²) in [5, 5.41) is 3.08. The molecule has 1 saturated heterocycles. The zero-order valence-corrected chi connectivity index (χ0v) is 19.6. The zero-order valence-electron chi connectivity index (χ0n) is 19.6. The molecule has 2 fully saturated rings. The first kappa shape index (κ1) is 23.1. The Labute approximate surface area is 196 Å². The summed E-state index contributed by atoms with van der Waals surface area (Å²) in [6.07, 6.45) is 4.99. The number of carbonyl (C=O) groups excluding carboxylic acids is 2. The van der Waals surface area contributed by atoms with Crippen LogP contribution in [-0.4, -0.2) is 25.6 Å². The summed E-state index contributed by atoms with van der Waals surface area (Å²) in [6.45, 7) is 6.74. The highest BCUT2D eigenvalue weighted by atomic mass is 16.5. The molecular formula is C28H33NO4. The Morgan fingerprint density at radius 3 is 2.79 bits per heavy atom. The van der Waals surface area contributed by atoms with Gasteiger partial charge in [-0.2, -0.15) is 0 Å². The Balaban J connectivity index is 1.46. The van der Waals surface area contributed by atoms with Gasteiger partial charge in [-0.25, -0.2) is 0 Å². The number of ether oxygens (including phenoxy) is 2. The van der Waals surface area contributed by atoms with E-state index < -0.39 is 5.41 Å². The van der Waals surface area contributed by atoms with Crippen LogP contribution in [0.25, 0.3) is 0 Å². The van der Waals surface area contributed by atoms with Gasteiger partial charge < -0.3 is 14.8 Å². The molecule has 2 aromatic carbocycles. The maximum atomic E-state index is 13.2. The minimum atomic E-state index is -0.473. The largest absolute Gasteiger partial charge is 0.497 e. The summed E-state index contributed by atoms with van der Waals surface area (Å²) < 4.78 is 10.7. The Bertz CT molecular complexity index is 1030. The van der Waals surface area contributed by atoms with Crippen LogP contribution >= 0.6 is 0 Å². The maximum absolute atomic E-state index is 13.2. The van der Waals surface area contributed by atoms with E-state index in [-0.39, 0.29) is 23.7 Å². The van der Waals surface area contributed by atoms with Gasteiger partial charge in [0, 0.05) is 11.6 Å². The van der Waals surface area contributed by atoms with Gasteiger partial charge in [-0.05, 0) is 61.1 Å². The van der Waals surface area contributed by atoms with Crippen LogP contribution in [-0.2, 0) is 20.7 Å². The fourth-order valence-corrected chi connectivity index (χ4v) is 5.28. The third kappa shape index (κ3) is 4.82. The summed E-state index contributed by atoms with van der Waals surface area (Å²) in [4.78, 5) is 25.7. The highest BCUT2D eigenvalue weighted by Crippen LogP contribution is 2.52. The molecule has 0 radical (unpaired) electrons. The van der Waals surface area contributed by atoms with Crippen LogP contribution in [0, 0.1) is 11.3 Å². The second-order valence-corrected chi connectivity index (χ2v) is 9.42. The van der Waals surface area contributed by atoms with Crippen molar-refractivity contribution in [1.29, 1.82) is 0 Å². The number of hydrogen-bond donors (Lipinski definition) is 1. The number of fused-ring (bicyclic) bond motifs is 1. The van der Waals surface area contributed by atoms with Crippen molar-refractivity contribution >= 4 is 17.6 Å². The van der Waals surface area contributed by atoms with Gasteiger partial charge in [0.25, 0.3) is 0 Å². The number of unbranched alkanes of at least 4 members (excludes halogenated alkanes) is 1. The van der Waals surface area contributed by atoms with Crippen LogP contribution in [0.1, 0.15) is 56.1 Å². The molecule has 5 heteroatoms. The number of amides is 1. The van der Waals surface area contributed by atoms with Gasteiger partial charge in [0.1, 0.15) is 5.75 Å². The van der Waals surface area contributed by atoms with Crippen LogP contribution in [0.4, 0.5) is 5.69 Å². The van der Waals surface area contributed by atoms with E-state index in [1.165, 1.54) is 0 Å². The predicted molar refractivity (Wildman–Crippen MR) is 129 cm³/mol. The number of nitrogens with one attached hydrogen (secondary N) is 1. The number of rotatable bonds is 9. The zero-order chi connectivity index (χ0) is 23.4. The average molecular weight is 448 g/mol. The van der Waals surface area contributed by atoms with Gasteiger partial charge >= 0.3 is 5.97 Å². The van der Waals surface area contributed by atoms with E-state index in [1.54, 1.807) is 7.11 Å². The predicted octanol–water partition coefficient (Wildman–Crippen LogP) is 5.66. The Kier molecular flexibility index (Phi) is 6.87. The second-order valence-electron chi connectivity index (χ2n) is 9.42. The molecule has 2 aromatic rings. The molecule has 3 atom stereocenters. The van der Waals surface area contributed by atoms with Crippen molar-refractivity contribution in [1.82, 2.24) is 0 Å². The molecule has 1 aliphatic heterocycles. The van der Waals surface area contributed by atoms with E-state index >= 15 is 0 Å². The van der Waals surface area contributed by atoms with Crippen molar-refractivity contribution in [3.8, 4) is 5.75 Å². The third-order valence-electron chi connectivity index (χ3n) is 7.10. The van der Waals surface area contributed by atoms with Gasteiger partial charge in [-0.15, -0.1) is 0 Å². The first-order valence-corrected chi connectivity index (χ1v) is 11.8. The standard InChI is InChI=1S/C28H33NO4/c1-4-5-9-25(21-7-6-8-24(15-21)32-3)26(30)29-23-12-10-20(11-13-23)17-28-16-19(2)14-22(28)18-33-27(28)31/h6-8,10-13,15,22,25H,2,4-5,9,14,16-18H2,1,3H3,(H,29,30). The van der Waals surface area contributed by atoms with Gasteiger partial charge in [0.05, 0.1) is 25.0 Å². The van der Waals surface area contributed by atoms with E-state index in [0.717, 1.165) is 53.8 Å². The fraction of sp³-hybridized carbons (Fsp3) is 0.429. The van der Waals surface area contributed by atoms with E-state index in [4.69, 9.17) is 9.47 Å². The van der Waals surface area contributed by atoms with Crippen molar-refractivity contribution in [3.05, 3.63) is 71.8 Å². The monoisotopic (exact) mass is 447 g/mol. The Morgan fingerprint density at radius 2 is 2.06 bits per heavy atom. The molecule has 0 bridgehead atoms. The molecule has 0 spiro atoms. The number of methoxy groups -OCH3 is 1. The van der Waals surface area contributed by atoms with Crippen LogP contribution in [0.2, 0.25) is 0 Å². The number of allylic oxidation sites excluding steroid dienone is 1. The van der Waals surface area contributed by atoms with Crippen molar-refractivity contribution in [2.24, 2.45) is 11.3 Å². The summed E-state index contributed by atoms with van der Waals surface area (Å²) in [7, 11) is 1.64. The highest BCUT2D eigenvalue weighted by molar-refractivity contribution is 5.96. The van der Waals surface area contributed by atoms with Crippen LogP contribution in [0.15, 0.2) is 60.7 Å². The first-order valence-electron chi connectivity index (χ1n) is 11.8. The first-order chi connectivity index (χ1) is 15.9. The highest BCUT2D eigenvalue weighted by Gasteiger charge is 2.55. The number of benzene rings is 2. The molecular weight excluding hydrogens is 414 g/mol. The van der Waals surface area contributed by atoms with Crippen LogP contribution < -0.4 is 10.1 Å². The maximum Gasteiger partial charge on any atom is 0.313 e. The molecule has 1 heterocycles. The Morgan fingerprint density at radius 1 is 1.27 bits per heavy atom. The minimum Gasteiger partial charge on any atom is -0.497 e. The molecule has 33 heavy (non-hydrogen) atoms. The number of anilines is 1. The van der Waals surface area contributed by atoms with E-state index in [9.17, 15) is 9.59 Å². The number of carbonyl (C=O) groups is 2. The lowest BCUT2D eigenvalue weighted by Crippen LogP contribution is -2.31. The van der Waals surface area contributed by atoms with E-state index in [1.807, 2.05) is 48.5 Å². The second kappa shape index (κ2) is 9.82. The quantitative estimate of drug-likeness (QED) is 0.398. The van der Waals surface area contributed by atoms with Crippen LogP contribution in [0.3, 0.4) is 0 Å². The lowest BCUT2D eigenvalue weighted by molar-refractivity contribution is -0.146. The molecule has 3 unspecified atom stereocenters. The smallest absolute Gasteiger partial charge is 0.313 e. The van der Waals surface area contributed by atoms with Crippen LogP contribution in [0.5, 0.6) is 5.75 Å². The fourth-order valence-electron chi connectivity index (χ4n) is 5.28.